The largest absolute Gasteiger partial charge is 0.311 e. The molecule has 0 spiro atoms. The zero-order valence-corrected chi connectivity index (χ0v) is 18.7. The number of benzene rings is 1. The first kappa shape index (κ1) is 22.4. The lowest BCUT2D eigenvalue weighted by molar-refractivity contribution is -0.124. The summed E-state index contributed by atoms with van der Waals surface area (Å²) < 4.78 is 0. The monoisotopic (exact) mass is 383 g/mol. The van der Waals surface area contributed by atoms with Crippen LogP contribution in [0, 0.1) is 16.7 Å². The number of carbonyl (C=O) groups excluding carboxylic acids is 3. The molecule has 1 fully saturated rings. The van der Waals surface area contributed by atoms with Gasteiger partial charge in [-0.2, -0.15) is 0 Å². The van der Waals surface area contributed by atoms with Crippen molar-refractivity contribution >= 4 is 31.0 Å². The van der Waals surface area contributed by atoms with Crippen molar-refractivity contribution in [3.05, 3.63) is 29.8 Å². The van der Waals surface area contributed by atoms with Crippen molar-refractivity contribution in [3.8, 4) is 0 Å². The summed E-state index contributed by atoms with van der Waals surface area (Å²) in [6.45, 7) is 14.4. The van der Waals surface area contributed by atoms with Crippen molar-refractivity contribution in [1.82, 2.24) is 0 Å². The van der Waals surface area contributed by atoms with Gasteiger partial charge in [0.15, 0.2) is 7.85 Å². The molecule has 0 aliphatic carbocycles. The maximum atomic E-state index is 12.9. The van der Waals surface area contributed by atoms with Crippen LogP contribution in [0.5, 0.6) is 0 Å². The van der Waals surface area contributed by atoms with E-state index < -0.39 is 5.41 Å². The highest BCUT2D eigenvalue weighted by atomic mass is 16.2. The van der Waals surface area contributed by atoms with Crippen LogP contribution in [0.25, 0.3) is 0 Å². The predicted molar refractivity (Wildman–Crippen MR) is 116 cm³/mol. The number of rotatable bonds is 7. The van der Waals surface area contributed by atoms with Gasteiger partial charge < -0.3 is 4.79 Å². The minimum Gasteiger partial charge on any atom is -0.311 e. The molecule has 5 heteroatoms. The van der Waals surface area contributed by atoms with Gasteiger partial charge in [0.25, 0.3) is 0 Å². The topological polar surface area (TPSA) is 54.5 Å². The number of hydrogen-bond acceptors (Lipinski definition) is 3. The number of imide groups is 1. The molecule has 1 atom stereocenters. The Morgan fingerprint density at radius 3 is 2.07 bits per heavy atom. The fraction of sp³-hybridized carbons (Fsp3) is 0.609. The van der Waals surface area contributed by atoms with Gasteiger partial charge in [0.2, 0.25) is 11.8 Å². The molecule has 1 saturated heterocycles. The van der Waals surface area contributed by atoms with Crippen LogP contribution in [-0.4, -0.2) is 25.3 Å². The third-order valence-electron chi connectivity index (χ3n) is 6.75. The fourth-order valence-corrected chi connectivity index (χ4v) is 4.15. The Morgan fingerprint density at radius 2 is 1.61 bits per heavy atom. The standard InChI is InChI=1S/C23H34BNO3/c1-8-21(2,3)17-13-18(26)25(19(17)27)16-11-9-15(10-12-16)22(4,5)14-23(6,7)20(24)28/h9-12,17H,8,13-14,24H2,1-7H3. The Morgan fingerprint density at radius 1 is 1.07 bits per heavy atom. The van der Waals surface area contributed by atoms with Crippen LogP contribution in [0.4, 0.5) is 5.69 Å². The van der Waals surface area contributed by atoms with Crippen molar-refractivity contribution in [3.63, 3.8) is 0 Å². The number of nitrogens with zero attached hydrogens (tertiary/aromatic N) is 1. The van der Waals surface area contributed by atoms with Gasteiger partial charge in [-0.3, -0.25) is 14.5 Å². The Hall–Kier alpha value is -1.91. The van der Waals surface area contributed by atoms with Gasteiger partial charge in [-0.05, 0) is 34.9 Å². The van der Waals surface area contributed by atoms with Crippen LogP contribution < -0.4 is 4.90 Å². The van der Waals surface area contributed by atoms with Gasteiger partial charge in [0, 0.05) is 11.8 Å². The highest BCUT2D eigenvalue weighted by molar-refractivity contribution is 6.58. The molecule has 1 heterocycles. The van der Waals surface area contributed by atoms with Crippen LogP contribution in [0.15, 0.2) is 24.3 Å². The second-order valence-corrected chi connectivity index (χ2v) is 10.2. The first-order valence-corrected chi connectivity index (χ1v) is 10.2. The second-order valence-electron chi connectivity index (χ2n) is 10.2. The zero-order chi connectivity index (χ0) is 21.5. The molecule has 28 heavy (non-hydrogen) atoms. The van der Waals surface area contributed by atoms with E-state index in [2.05, 4.69) is 34.6 Å². The molecular formula is C23H34BNO3. The van der Waals surface area contributed by atoms with E-state index in [-0.39, 0.29) is 40.7 Å². The first-order chi connectivity index (χ1) is 12.7. The molecule has 1 unspecified atom stereocenters. The maximum absolute atomic E-state index is 12.9. The molecule has 0 saturated carbocycles. The normalized spacial score (nSPS) is 18.7. The minimum absolute atomic E-state index is 0.0958. The van der Waals surface area contributed by atoms with Crippen LogP contribution in [0.2, 0.25) is 0 Å². The lowest BCUT2D eigenvalue weighted by Gasteiger charge is -2.34. The van der Waals surface area contributed by atoms with E-state index in [1.807, 2.05) is 38.1 Å². The lowest BCUT2D eigenvalue weighted by Crippen LogP contribution is -2.35. The van der Waals surface area contributed by atoms with Crippen LogP contribution >= 0.6 is 0 Å². The maximum Gasteiger partial charge on any atom is 0.237 e. The highest BCUT2D eigenvalue weighted by Gasteiger charge is 2.46. The summed E-state index contributed by atoms with van der Waals surface area (Å²) in [5, 5.41) is 0. The fourth-order valence-electron chi connectivity index (χ4n) is 4.15. The van der Waals surface area contributed by atoms with E-state index in [0.29, 0.717) is 5.69 Å². The van der Waals surface area contributed by atoms with E-state index >= 15 is 0 Å². The van der Waals surface area contributed by atoms with Crippen molar-refractivity contribution < 1.29 is 14.4 Å². The molecule has 0 bridgehead atoms. The van der Waals surface area contributed by atoms with E-state index in [1.165, 1.54) is 4.90 Å². The molecule has 152 valence electrons. The Labute approximate surface area is 170 Å². The van der Waals surface area contributed by atoms with Gasteiger partial charge in [-0.15, -0.1) is 0 Å². The van der Waals surface area contributed by atoms with Gasteiger partial charge in [-0.1, -0.05) is 67.0 Å². The summed E-state index contributed by atoms with van der Waals surface area (Å²) in [5.41, 5.74) is 1.11. The molecule has 1 aromatic carbocycles. The smallest absolute Gasteiger partial charge is 0.237 e. The Balaban J connectivity index is 2.26. The highest BCUT2D eigenvalue weighted by Crippen LogP contribution is 2.41. The van der Waals surface area contributed by atoms with Crippen LogP contribution in [0.3, 0.4) is 0 Å². The summed E-state index contributed by atoms with van der Waals surface area (Å²) >= 11 is 0. The van der Waals surface area contributed by atoms with E-state index in [9.17, 15) is 14.4 Å². The number of amides is 2. The third kappa shape index (κ3) is 4.23. The SMILES string of the molecule is BC(=O)C(C)(C)CC(C)(C)c1ccc(N2C(=O)CC(C(C)(C)CC)C2=O)cc1. The average molecular weight is 383 g/mol. The number of hydrogen-bond donors (Lipinski definition) is 0. The summed E-state index contributed by atoms with van der Waals surface area (Å²) in [6, 6.07) is 7.67. The molecule has 2 amide bonds. The zero-order valence-electron chi connectivity index (χ0n) is 18.7. The van der Waals surface area contributed by atoms with Crippen LogP contribution in [-0.2, 0) is 19.8 Å². The molecule has 1 aliphatic rings. The van der Waals surface area contributed by atoms with Gasteiger partial charge in [0.1, 0.15) is 0 Å². The van der Waals surface area contributed by atoms with Crippen LogP contribution in [0.1, 0.15) is 73.3 Å². The lowest BCUT2D eigenvalue weighted by atomic mass is 9.66. The molecule has 0 N–H and O–H groups in total. The molecule has 0 aromatic heterocycles. The number of carbonyl (C=O) groups is 3. The number of anilines is 1. The van der Waals surface area contributed by atoms with E-state index in [1.54, 1.807) is 7.85 Å². The van der Waals surface area contributed by atoms with Crippen molar-refractivity contribution in [2.45, 2.75) is 73.1 Å². The molecule has 1 aromatic rings. The molecular weight excluding hydrogens is 349 g/mol. The van der Waals surface area contributed by atoms with Crippen molar-refractivity contribution in [2.75, 3.05) is 4.90 Å². The Bertz CT molecular complexity index is 778. The second kappa shape index (κ2) is 7.49. The molecule has 0 radical (unpaired) electrons. The Kier molecular flexibility index (Phi) is 5.99. The van der Waals surface area contributed by atoms with Crippen molar-refractivity contribution in [2.24, 2.45) is 16.7 Å². The quantitative estimate of drug-likeness (QED) is 0.531. The van der Waals surface area contributed by atoms with E-state index in [0.717, 1.165) is 18.4 Å². The predicted octanol–water partition coefficient (Wildman–Crippen LogP) is 3.86. The summed E-state index contributed by atoms with van der Waals surface area (Å²) in [7, 11) is 1.64. The molecule has 2 rings (SSSR count). The van der Waals surface area contributed by atoms with Gasteiger partial charge in [-0.25, -0.2) is 0 Å². The summed E-state index contributed by atoms with van der Waals surface area (Å²) in [4.78, 5) is 38.8. The summed E-state index contributed by atoms with van der Waals surface area (Å²) in [6.07, 6.45) is 1.85. The van der Waals surface area contributed by atoms with Crippen molar-refractivity contribution in [1.29, 1.82) is 0 Å². The molecule has 4 nitrogen and oxygen atoms in total. The summed E-state index contributed by atoms with van der Waals surface area (Å²) in [5.74, 6) is -0.486. The minimum atomic E-state index is -0.401. The molecule has 1 aliphatic heterocycles. The third-order valence-corrected chi connectivity index (χ3v) is 6.75. The first-order valence-electron chi connectivity index (χ1n) is 10.2. The van der Waals surface area contributed by atoms with E-state index in [4.69, 9.17) is 0 Å². The van der Waals surface area contributed by atoms with Gasteiger partial charge >= 0.3 is 0 Å². The van der Waals surface area contributed by atoms with Gasteiger partial charge in [0.05, 0.1) is 17.3 Å². The average Bonchev–Trinajstić information content (AvgIpc) is 2.89.